The van der Waals surface area contributed by atoms with Crippen LogP contribution in [0, 0.1) is 17.9 Å². The summed E-state index contributed by atoms with van der Waals surface area (Å²) in [5.41, 5.74) is 10.7. The summed E-state index contributed by atoms with van der Waals surface area (Å²) in [6, 6.07) is 47.6. The number of aromatic nitrogens is 2. The van der Waals surface area contributed by atoms with Crippen molar-refractivity contribution in [1.29, 1.82) is 5.26 Å². The lowest BCUT2D eigenvalue weighted by molar-refractivity contribution is 0.668. The predicted molar refractivity (Wildman–Crippen MR) is 201 cm³/mol. The highest BCUT2D eigenvalue weighted by atomic mass is 16.3. The Labute approximate surface area is 283 Å². The van der Waals surface area contributed by atoms with Gasteiger partial charge in [0.25, 0.3) is 0 Å². The lowest BCUT2D eigenvalue weighted by atomic mass is 10.1. The van der Waals surface area contributed by atoms with Gasteiger partial charge in [-0.1, -0.05) is 42.5 Å². The molecule has 0 saturated carbocycles. The lowest BCUT2D eigenvalue weighted by Gasteiger charge is -2.09. The van der Waals surface area contributed by atoms with Crippen LogP contribution in [0.1, 0.15) is 5.56 Å². The number of nitriles is 1. The molecule has 0 aliphatic rings. The molecule has 0 aliphatic heterocycles. The molecule has 0 amide bonds. The molecule has 4 aromatic heterocycles. The second-order valence-electron chi connectivity index (χ2n) is 12.8. The van der Waals surface area contributed by atoms with Gasteiger partial charge in [-0.3, -0.25) is 0 Å². The van der Waals surface area contributed by atoms with Crippen LogP contribution in [-0.4, -0.2) is 9.13 Å². The quantitative estimate of drug-likeness (QED) is 0.177. The van der Waals surface area contributed by atoms with Gasteiger partial charge in [0.1, 0.15) is 22.3 Å². The van der Waals surface area contributed by atoms with E-state index >= 15 is 0 Å². The Balaban J connectivity index is 1.16. The first-order chi connectivity index (χ1) is 24.7. The first kappa shape index (κ1) is 26.8. The van der Waals surface area contributed by atoms with Crippen molar-refractivity contribution in [1.82, 2.24) is 9.13 Å². The Morgan fingerprint density at radius 1 is 0.460 bits per heavy atom. The summed E-state index contributed by atoms with van der Waals surface area (Å²) in [7, 11) is 0. The van der Waals surface area contributed by atoms with Crippen molar-refractivity contribution < 1.29 is 8.83 Å². The fourth-order valence-corrected chi connectivity index (χ4v) is 7.93. The van der Waals surface area contributed by atoms with E-state index in [1.54, 1.807) is 6.07 Å². The van der Waals surface area contributed by atoms with Crippen LogP contribution in [0.25, 0.3) is 104 Å². The molecule has 6 nitrogen and oxygen atoms in total. The van der Waals surface area contributed by atoms with Crippen molar-refractivity contribution in [3.8, 4) is 17.4 Å². The van der Waals surface area contributed by atoms with Gasteiger partial charge in [-0.2, -0.15) is 5.26 Å². The predicted octanol–water partition coefficient (Wildman–Crippen LogP) is 12.1. The van der Waals surface area contributed by atoms with Crippen LogP contribution in [0.4, 0.5) is 5.69 Å². The van der Waals surface area contributed by atoms with Crippen molar-refractivity contribution in [3.63, 3.8) is 0 Å². The molecule has 0 spiro atoms. The number of para-hydroxylation sites is 2. The van der Waals surface area contributed by atoms with E-state index in [0.29, 0.717) is 11.3 Å². The maximum absolute atomic E-state index is 9.61. The zero-order valence-electron chi connectivity index (χ0n) is 26.3. The molecule has 0 atom stereocenters. The molecule has 0 aliphatic carbocycles. The molecule has 0 bridgehead atoms. The second kappa shape index (κ2) is 9.64. The Morgan fingerprint density at radius 3 is 1.66 bits per heavy atom. The highest BCUT2D eigenvalue weighted by molar-refractivity contribution is 6.18. The Kier molecular flexibility index (Phi) is 5.16. The lowest BCUT2D eigenvalue weighted by Crippen LogP contribution is -1.94. The smallest absolute Gasteiger partial charge is 0.188 e. The third-order valence-corrected chi connectivity index (χ3v) is 10.1. The number of hydrogen-bond acceptors (Lipinski definition) is 3. The van der Waals surface area contributed by atoms with E-state index in [4.69, 9.17) is 15.4 Å². The summed E-state index contributed by atoms with van der Waals surface area (Å²) in [5.74, 6) is 0. The first-order valence-corrected chi connectivity index (χ1v) is 16.3. The zero-order chi connectivity index (χ0) is 33.1. The highest BCUT2D eigenvalue weighted by Gasteiger charge is 2.19. The number of rotatable bonds is 2. The molecule has 0 fully saturated rings. The number of benzene rings is 7. The molecule has 11 aromatic rings. The maximum atomic E-state index is 9.61. The maximum Gasteiger partial charge on any atom is 0.188 e. The van der Waals surface area contributed by atoms with Crippen LogP contribution in [0.3, 0.4) is 0 Å². The zero-order valence-corrected chi connectivity index (χ0v) is 26.3. The van der Waals surface area contributed by atoms with Gasteiger partial charge in [0, 0.05) is 60.5 Å². The van der Waals surface area contributed by atoms with Gasteiger partial charge in [0.05, 0.1) is 40.3 Å². The van der Waals surface area contributed by atoms with Crippen LogP contribution in [0.5, 0.6) is 0 Å². The average Bonchev–Trinajstić information content (AvgIpc) is 3.90. The summed E-state index contributed by atoms with van der Waals surface area (Å²) >= 11 is 0. The number of furan rings is 2. The SMILES string of the molecule is [C-]#[N+]c1ccc2oc3cc4c(cc3c2c1)c1ccccc1n4-c1ccc2oc3ccc(-n4c5ccccc5c5cc(C#N)ccc54)cc3c2c1. The van der Waals surface area contributed by atoms with E-state index in [1.165, 1.54) is 0 Å². The Morgan fingerprint density at radius 2 is 1.00 bits per heavy atom. The van der Waals surface area contributed by atoms with Crippen LogP contribution < -0.4 is 0 Å². The Bertz CT molecular complexity index is 3360. The van der Waals surface area contributed by atoms with Gasteiger partial charge in [-0.05, 0) is 84.9 Å². The molecule has 50 heavy (non-hydrogen) atoms. The third kappa shape index (κ3) is 3.54. The third-order valence-electron chi connectivity index (χ3n) is 10.1. The van der Waals surface area contributed by atoms with Gasteiger partial charge < -0.3 is 18.0 Å². The van der Waals surface area contributed by atoms with E-state index < -0.39 is 0 Å². The fourth-order valence-electron chi connectivity index (χ4n) is 7.93. The molecular weight excluding hydrogens is 617 g/mol. The molecule has 0 radical (unpaired) electrons. The summed E-state index contributed by atoms with van der Waals surface area (Å²) in [4.78, 5) is 3.64. The van der Waals surface area contributed by atoms with E-state index in [9.17, 15) is 5.26 Å². The van der Waals surface area contributed by atoms with Crippen LogP contribution in [0.2, 0.25) is 0 Å². The van der Waals surface area contributed by atoms with Gasteiger partial charge in [0.2, 0.25) is 0 Å². The molecule has 6 heteroatoms. The van der Waals surface area contributed by atoms with Crippen LogP contribution in [0.15, 0.2) is 142 Å². The van der Waals surface area contributed by atoms with Gasteiger partial charge >= 0.3 is 0 Å². The van der Waals surface area contributed by atoms with Crippen molar-refractivity contribution in [2.45, 2.75) is 0 Å². The second-order valence-corrected chi connectivity index (χ2v) is 12.8. The van der Waals surface area contributed by atoms with Crippen molar-refractivity contribution in [3.05, 3.63) is 150 Å². The fraction of sp³-hybridized carbons (Fsp3) is 0. The standard InChI is InChI=1S/C44H22N4O2/c1-46-26-11-15-41-33(19-26)36-22-32-30-7-3-5-9-38(30)48(40(32)23-44(36)50-41)28-13-17-43-35(21-28)34-20-27(12-16-42(34)49-43)47-37-8-4-2-6-29(37)31-18-25(24-45)10-14-39(31)47/h2-23H. The number of nitrogens with zero attached hydrogens (tertiary/aromatic N) is 4. The van der Waals surface area contributed by atoms with Gasteiger partial charge in [0.15, 0.2) is 5.69 Å². The monoisotopic (exact) mass is 638 g/mol. The minimum absolute atomic E-state index is 0.595. The molecular formula is C44H22N4O2. The van der Waals surface area contributed by atoms with Gasteiger partial charge in [-0.25, -0.2) is 4.85 Å². The van der Waals surface area contributed by atoms with Gasteiger partial charge in [-0.15, -0.1) is 0 Å². The summed E-state index contributed by atoms with van der Waals surface area (Å²) < 4.78 is 17.3. The van der Waals surface area contributed by atoms with Crippen LogP contribution in [-0.2, 0) is 0 Å². The van der Waals surface area contributed by atoms with E-state index in [0.717, 1.165) is 98.9 Å². The summed E-state index contributed by atoms with van der Waals surface area (Å²) in [5, 5.41) is 18.0. The Hall–Kier alpha value is -7.28. The van der Waals surface area contributed by atoms with Crippen molar-refractivity contribution in [2.24, 2.45) is 0 Å². The normalized spacial score (nSPS) is 12.0. The molecule has 230 valence electrons. The number of fused-ring (bicyclic) bond motifs is 12. The molecule has 0 N–H and O–H groups in total. The van der Waals surface area contributed by atoms with E-state index in [-0.39, 0.29) is 0 Å². The van der Waals surface area contributed by atoms with Crippen LogP contribution >= 0.6 is 0 Å². The summed E-state index contributed by atoms with van der Waals surface area (Å²) in [6.07, 6.45) is 0. The molecule has 0 unspecified atom stereocenters. The molecule has 7 aromatic carbocycles. The molecule has 4 heterocycles. The first-order valence-electron chi connectivity index (χ1n) is 16.3. The van der Waals surface area contributed by atoms with E-state index in [2.05, 4.69) is 105 Å². The molecule has 11 rings (SSSR count). The minimum Gasteiger partial charge on any atom is -0.456 e. The van der Waals surface area contributed by atoms with E-state index in [1.807, 2.05) is 42.5 Å². The van der Waals surface area contributed by atoms with Crippen molar-refractivity contribution in [2.75, 3.05) is 0 Å². The molecule has 0 saturated heterocycles. The minimum atomic E-state index is 0.595. The summed E-state index contributed by atoms with van der Waals surface area (Å²) in [6.45, 7) is 7.51. The highest BCUT2D eigenvalue weighted by Crippen LogP contribution is 2.41. The average molecular weight is 639 g/mol. The van der Waals surface area contributed by atoms with Crippen molar-refractivity contribution >= 4 is 93.2 Å². The topological polar surface area (TPSA) is 64.3 Å². The largest absolute Gasteiger partial charge is 0.456 e. The number of hydrogen-bond donors (Lipinski definition) is 0.